The van der Waals surface area contributed by atoms with E-state index in [1.807, 2.05) is 0 Å². The third-order valence-corrected chi connectivity index (χ3v) is 11.0. The van der Waals surface area contributed by atoms with E-state index in [9.17, 15) is 0 Å². The normalized spacial score (nSPS) is 15.2. The van der Waals surface area contributed by atoms with Crippen LogP contribution >= 0.6 is 11.6 Å². The lowest BCUT2D eigenvalue weighted by molar-refractivity contribution is 0.879. The zero-order chi connectivity index (χ0) is 33.9. The van der Waals surface area contributed by atoms with Gasteiger partial charge in [-0.2, -0.15) is 0 Å². The molecular weight excluding hydrogens is 642 g/mol. The zero-order valence-corrected chi connectivity index (χ0v) is 29.1. The van der Waals surface area contributed by atoms with E-state index in [2.05, 4.69) is 155 Å². The van der Waals surface area contributed by atoms with Gasteiger partial charge in [-0.15, -0.1) is 0 Å². The van der Waals surface area contributed by atoms with E-state index in [0.29, 0.717) is 0 Å². The van der Waals surface area contributed by atoms with Gasteiger partial charge < -0.3 is 9.13 Å². The largest absolute Gasteiger partial charge is 0.311 e. The molecule has 4 aromatic carbocycles. The molecule has 3 heterocycles. The maximum atomic E-state index is 6.56. The van der Waals surface area contributed by atoms with E-state index < -0.39 is 0 Å². The first-order valence-electron chi connectivity index (χ1n) is 18.1. The highest BCUT2D eigenvalue weighted by Gasteiger charge is 2.26. The molecule has 0 unspecified atom stereocenters. The summed E-state index contributed by atoms with van der Waals surface area (Å²) in [5, 5.41) is 3.49. The Bertz CT molecular complexity index is 2630. The second-order valence-electron chi connectivity index (χ2n) is 13.8. The second kappa shape index (κ2) is 12.3. The Labute approximate surface area is 303 Å². The summed E-state index contributed by atoms with van der Waals surface area (Å²) in [5.41, 5.74) is 16.7. The van der Waals surface area contributed by atoms with Crippen molar-refractivity contribution in [2.45, 2.75) is 38.5 Å². The molecule has 0 saturated carbocycles. The fraction of sp³-hybridized carbons (Fsp3) is 0.128. The summed E-state index contributed by atoms with van der Waals surface area (Å²) >= 11 is 6.56. The Morgan fingerprint density at radius 2 is 1.14 bits per heavy atom. The molecule has 3 aliphatic rings. The van der Waals surface area contributed by atoms with Crippen LogP contribution in [0.15, 0.2) is 139 Å². The lowest BCUT2D eigenvalue weighted by Gasteiger charge is -2.17. The molecule has 4 heteroatoms. The highest BCUT2D eigenvalue weighted by Crippen LogP contribution is 2.43. The van der Waals surface area contributed by atoms with Crippen molar-refractivity contribution in [3.63, 3.8) is 0 Å². The van der Waals surface area contributed by atoms with Gasteiger partial charge in [-0.25, -0.2) is 4.98 Å². The summed E-state index contributed by atoms with van der Waals surface area (Å²) in [5.74, 6) is 0. The van der Waals surface area contributed by atoms with E-state index in [1.165, 1.54) is 55.6 Å². The van der Waals surface area contributed by atoms with Crippen LogP contribution < -0.4 is 0 Å². The Hall–Kier alpha value is -5.64. The number of benzene rings is 4. The molecule has 0 radical (unpaired) electrons. The van der Waals surface area contributed by atoms with E-state index in [4.69, 9.17) is 16.6 Å². The van der Waals surface area contributed by atoms with Crippen molar-refractivity contribution in [3.05, 3.63) is 167 Å². The molecule has 0 atom stereocenters. The molecule has 0 amide bonds. The predicted octanol–water partition coefficient (Wildman–Crippen LogP) is 12.5. The summed E-state index contributed by atoms with van der Waals surface area (Å²) in [6.07, 6.45) is 19.6. The molecule has 0 saturated heterocycles. The smallest absolute Gasteiger partial charge is 0.0786 e. The first-order valence-corrected chi connectivity index (χ1v) is 18.5. The van der Waals surface area contributed by atoms with Gasteiger partial charge >= 0.3 is 0 Å². The van der Waals surface area contributed by atoms with Gasteiger partial charge in [-0.1, -0.05) is 115 Å². The average molecular weight is 678 g/mol. The van der Waals surface area contributed by atoms with Crippen molar-refractivity contribution in [2.75, 3.05) is 0 Å². The standard InChI is InChI=1S/C47H36ClN3/c48-35-17-11-15-32(27-35)42-29-34(31-13-3-1-4-14-31)30-43(49-42)33-16-12-20-37(28-33)51-45-24-10-8-22-39(45)41-26-25-40-38-21-7-9-23-44(38)50(46(40)47(41)51)36-18-5-2-6-19-36/h1-8,12-16,18-22,25-30H,9-11,17,23-24H2. The molecule has 0 aliphatic heterocycles. The number of para-hydroxylation sites is 1. The minimum absolute atomic E-state index is 0.878. The first-order chi connectivity index (χ1) is 25.2. The summed E-state index contributed by atoms with van der Waals surface area (Å²) in [7, 11) is 0. The lowest BCUT2D eigenvalue weighted by Crippen LogP contribution is -2.06. The molecule has 3 aromatic heterocycles. The van der Waals surface area contributed by atoms with Gasteiger partial charge in [0.15, 0.2) is 0 Å². The number of fused-ring (bicyclic) bond motifs is 7. The van der Waals surface area contributed by atoms with Crippen molar-refractivity contribution in [2.24, 2.45) is 0 Å². The highest BCUT2D eigenvalue weighted by atomic mass is 35.5. The van der Waals surface area contributed by atoms with Crippen LogP contribution in [0.2, 0.25) is 0 Å². The number of allylic oxidation sites excluding steroid dienone is 6. The summed E-state index contributed by atoms with van der Waals surface area (Å²) in [6, 6.07) is 39.7. The van der Waals surface area contributed by atoms with Crippen LogP contribution in [0.1, 0.15) is 53.9 Å². The first kappa shape index (κ1) is 30.2. The van der Waals surface area contributed by atoms with Crippen molar-refractivity contribution in [1.29, 1.82) is 0 Å². The Morgan fingerprint density at radius 1 is 0.529 bits per heavy atom. The lowest BCUT2D eigenvalue weighted by atomic mass is 9.97. The topological polar surface area (TPSA) is 22.8 Å². The summed E-state index contributed by atoms with van der Waals surface area (Å²) in [4.78, 5) is 5.30. The molecule has 0 spiro atoms. The highest BCUT2D eigenvalue weighted by molar-refractivity contribution is 6.30. The minimum Gasteiger partial charge on any atom is -0.311 e. The van der Waals surface area contributed by atoms with Crippen LogP contribution in [-0.4, -0.2) is 14.1 Å². The van der Waals surface area contributed by atoms with Crippen molar-refractivity contribution >= 4 is 51.1 Å². The predicted molar refractivity (Wildman–Crippen MR) is 215 cm³/mol. The van der Waals surface area contributed by atoms with Crippen molar-refractivity contribution in [3.8, 4) is 33.8 Å². The van der Waals surface area contributed by atoms with Gasteiger partial charge in [0.05, 0.1) is 22.4 Å². The van der Waals surface area contributed by atoms with Gasteiger partial charge in [0.25, 0.3) is 0 Å². The third kappa shape index (κ3) is 5.07. The van der Waals surface area contributed by atoms with E-state index in [0.717, 1.165) is 77.3 Å². The maximum absolute atomic E-state index is 6.56. The van der Waals surface area contributed by atoms with Crippen molar-refractivity contribution < 1.29 is 0 Å². The molecule has 51 heavy (non-hydrogen) atoms. The molecule has 3 aliphatic carbocycles. The maximum Gasteiger partial charge on any atom is 0.0786 e. The second-order valence-corrected chi connectivity index (χ2v) is 14.3. The third-order valence-electron chi connectivity index (χ3n) is 10.7. The molecule has 0 fully saturated rings. The number of nitrogens with zero attached hydrogens (tertiary/aromatic N) is 3. The van der Waals surface area contributed by atoms with Gasteiger partial charge in [0, 0.05) is 55.3 Å². The molecular formula is C47H36ClN3. The van der Waals surface area contributed by atoms with Crippen LogP contribution in [0, 0.1) is 0 Å². The SMILES string of the molecule is ClC1=CC(c2cc(-c3ccccc3)cc(-c3cccc(-n4c5c(c6ccc7c8c(n(-c9ccccc9)c7c64)CCC=C8)C=CCC5)c3)n2)=CCC1. The van der Waals surface area contributed by atoms with Gasteiger partial charge in [0.1, 0.15) is 0 Å². The van der Waals surface area contributed by atoms with E-state index >= 15 is 0 Å². The number of halogens is 1. The molecule has 246 valence electrons. The molecule has 10 rings (SSSR count). The number of hydrogen-bond acceptors (Lipinski definition) is 1. The van der Waals surface area contributed by atoms with Crippen LogP contribution in [0.3, 0.4) is 0 Å². The van der Waals surface area contributed by atoms with Crippen LogP contribution in [0.4, 0.5) is 0 Å². The van der Waals surface area contributed by atoms with Gasteiger partial charge in [-0.05, 0) is 97.7 Å². The number of aromatic nitrogens is 3. The van der Waals surface area contributed by atoms with Crippen molar-refractivity contribution in [1.82, 2.24) is 14.1 Å². The fourth-order valence-corrected chi connectivity index (χ4v) is 8.64. The monoisotopic (exact) mass is 677 g/mol. The minimum atomic E-state index is 0.878. The molecule has 3 nitrogen and oxygen atoms in total. The quantitative estimate of drug-likeness (QED) is 0.178. The Balaban J connectivity index is 1.23. The van der Waals surface area contributed by atoms with Crippen LogP contribution in [0.5, 0.6) is 0 Å². The van der Waals surface area contributed by atoms with Crippen LogP contribution in [0.25, 0.3) is 73.3 Å². The number of pyridine rings is 1. The Kier molecular flexibility index (Phi) is 7.28. The fourth-order valence-electron chi connectivity index (χ4n) is 8.41. The van der Waals surface area contributed by atoms with Gasteiger partial charge in [0.2, 0.25) is 0 Å². The van der Waals surface area contributed by atoms with E-state index in [-0.39, 0.29) is 0 Å². The molecule has 7 aromatic rings. The molecule has 0 N–H and O–H groups in total. The molecule has 0 bridgehead atoms. The average Bonchev–Trinajstić information content (AvgIpc) is 3.72. The Morgan fingerprint density at radius 3 is 1.82 bits per heavy atom. The van der Waals surface area contributed by atoms with Crippen LogP contribution in [-0.2, 0) is 12.8 Å². The van der Waals surface area contributed by atoms with Gasteiger partial charge in [-0.3, -0.25) is 0 Å². The summed E-state index contributed by atoms with van der Waals surface area (Å²) in [6.45, 7) is 0. The zero-order valence-electron chi connectivity index (χ0n) is 28.3. The number of hydrogen-bond donors (Lipinski definition) is 0. The summed E-state index contributed by atoms with van der Waals surface area (Å²) < 4.78 is 5.10. The van der Waals surface area contributed by atoms with E-state index in [1.54, 1.807) is 0 Å². The number of rotatable bonds is 5.